The topological polar surface area (TPSA) is 118 Å². The first kappa shape index (κ1) is 48.4. The fraction of sp³-hybridized carbons (Fsp3) is 0.161. The highest BCUT2D eigenvalue weighted by atomic mass is 127. The summed E-state index contributed by atoms with van der Waals surface area (Å²) >= 11 is 2.40. The first-order valence-electron chi connectivity index (χ1n) is 23.8. The molecule has 4 N–H and O–H groups in total. The lowest BCUT2D eigenvalue weighted by molar-refractivity contribution is 0.297. The third-order valence-corrected chi connectivity index (χ3v) is 13.3. The van der Waals surface area contributed by atoms with E-state index >= 15 is 0 Å². The fourth-order valence-corrected chi connectivity index (χ4v) is 9.68. The van der Waals surface area contributed by atoms with Gasteiger partial charge in [-0.25, -0.2) is 0 Å². The molecule has 0 bridgehead atoms. The number of allylic oxidation sites excluding steroid dienone is 4. The molecule has 8 aromatic rings. The Morgan fingerprint density at radius 2 is 0.930 bits per heavy atom. The number of aryl methyl sites for hydroxylation is 1. The van der Waals surface area contributed by atoms with Crippen LogP contribution >= 0.6 is 22.6 Å². The van der Waals surface area contributed by atoms with E-state index in [0.29, 0.717) is 39.3 Å². The van der Waals surface area contributed by atoms with Gasteiger partial charge in [-0.2, -0.15) is 0 Å². The molecular formula is C62H55IO8. The summed E-state index contributed by atoms with van der Waals surface area (Å²) in [6.45, 7) is 3.84. The first-order valence-corrected chi connectivity index (χ1v) is 24.9. The standard InChI is InChI=1S/C62H55IO8/c1-41-36-51(63)39-59(62(41)71-40-45-8-23-55(67)24-9-45)61(50-11-10-48(37-50)46-12-25-56(26-13-46)68-33-30-42-2-17-52(64)18-3-42)58-38-49(16-29-60(58)70-35-32-44-6-21-54(66)22-7-44)47-14-27-57(28-15-47)69-34-31-43-4-19-53(65)20-5-43/h2-29,36-39,50,61,64-67H,30-35,40H2,1H3. The summed E-state index contributed by atoms with van der Waals surface area (Å²) < 4.78 is 27.0. The van der Waals surface area contributed by atoms with E-state index in [-0.39, 0.29) is 34.8 Å². The molecule has 2 unspecified atom stereocenters. The quantitative estimate of drug-likeness (QED) is 0.0558. The molecule has 71 heavy (non-hydrogen) atoms. The zero-order valence-corrected chi connectivity index (χ0v) is 41.5. The minimum Gasteiger partial charge on any atom is -0.508 e. The molecule has 9 heteroatoms. The summed E-state index contributed by atoms with van der Waals surface area (Å²) in [5.74, 6) is 3.66. The number of phenolic OH excluding ortho intramolecular Hbond substituents is 4. The second-order valence-corrected chi connectivity index (χ2v) is 19.0. The Morgan fingerprint density at radius 3 is 1.45 bits per heavy atom. The molecule has 8 nitrogen and oxygen atoms in total. The van der Waals surface area contributed by atoms with Crippen LogP contribution in [0.1, 0.15) is 50.4 Å². The molecule has 0 amide bonds. The van der Waals surface area contributed by atoms with Crippen LogP contribution in [0.25, 0.3) is 16.7 Å². The molecular weight excluding hydrogens is 1000 g/mol. The molecule has 1 aliphatic rings. The number of hydrogen-bond acceptors (Lipinski definition) is 8. The summed E-state index contributed by atoms with van der Waals surface area (Å²) in [5.41, 5.74) is 11.4. The largest absolute Gasteiger partial charge is 0.508 e. The Morgan fingerprint density at radius 1 is 0.465 bits per heavy atom. The normalized spacial score (nSPS) is 13.4. The minimum atomic E-state index is -0.263. The monoisotopic (exact) mass is 1050 g/mol. The van der Waals surface area contributed by atoms with E-state index in [1.165, 1.54) is 0 Å². The van der Waals surface area contributed by atoms with Gasteiger partial charge in [0.1, 0.15) is 52.6 Å². The van der Waals surface area contributed by atoms with Crippen molar-refractivity contribution in [2.45, 2.75) is 38.7 Å². The van der Waals surface area contributed by atoms with Crippen molar-refractivity contribution >= 4 is 28.2 Å². The average molecular weight is 1060 g/mol. The number of halogens is 1. The Kier molecular flexibility index (Phi) is 15.6. The molecule has 0 fully saturated rings. The van der Waals surface area contributed by atoms with Crippen molar-refractivity contribution in [2.24, 2.45) is 5.92 Å². The maximum Gasteiger partial charge on any atom is 0.126 e. The maximum atomic E-state index is 10.0. The van der Waals surface area contributed by atoms with Crippen molar-refractivity contribution in [2.75, 3.05) is 19.8 Å². The lowest BCUT2D eigenvalue weighted by Gasteiger charge is -2.28. The van der Waals surface area contributed by atoms with Gasteiger partial charge in [0.15, 0.2) is 0 Å². The van der Waals surface area contributed by atoms with Gasteiger partial charge < -0.3 is 39.4 Å². The Labute approximate surface area is 428 Å². The van der Waals surface area contributed by atoms with Crippen LogP contribution in [-0.2, 0) is 25.9 Å². The van der Waals surface area contributed by atoms with Crippen molar-refractivity contribution in [1.29, 1.82) is 0 Å². The van der Waals surface area contributed by atoms with E-state index in [2.05, 4.69) is 102 Å². The fourth-order valence-electron chi connectivity index (χ4n) is 8.88. The molecule has 8 aromatic carbocycles. The Bertz CT molecular complexity index is 3090. The molecule has 1 aliphatic carbocycles. The molecule has 0 radical (unpaired) electrons. The van der Waals surface area contributed by atoms with Crippen molar-refractivity contribution in [1.82, 2.24) is 0 Å². The van der Waals surface area contributed by atoms with Crippen LogP contribution in [0.4, 0.5) is 0 Å². The highest BCUT2D eigenvalue weighted by Crippen LogP contribution is 2.48. The highest BCUT2D eigenvalue weighted by molar-refractivity contribution is 14.1. The molecule has 9 rings (SSSR count). The zero-order valence-electron chi connectivity index (χ0n) is 39.4. The summed E-state index contributed by atoms with van der Waals surface area (Å²) in [5, 5.41) is 39.4. The minimum absolute atomic E-state index is 0.112. The third kappa shape index (κ3) is 12.8. The summed E-state index contributed by atoms with van der Waals surface area (Å²) in [6.07, 6.45) is 8.90. The summed E-state index contributed by atoms with van der Waals surface area (Å²) in [4.78, 5) is 0. The van der Waals surface area contributed by atoms with Gasteiger partial charge >= 0.3 is 0 Å². The molecule has 0 heterocycles. The average Bonchev–Trinajstić information content (AvgIpc) is 3.87. The molecule has 0 aromatic heterocycles. The van der Waals surface area contributed by atoms with Gasteiger partial charge in [-0.3, -0.25) is 0 Å². The second kappa shape index (κ2) is 22.9. The van der Waals surface area contributed by atoms with E-state index < -0.39 is 0 Å². The SMILES string of the molecule is Cc1cc(I)cc(C(c2cc(-c3ccc(OCCc4ccc(O)cc4)cc3)ccc2OCCc2ccc(O)cc2)C2C=CC(c3ccc(OCCc4ccc(O)cc4)cc3)=C2)c1OCc1ccc(O)cc1. The molecule has 358 valence electrons. The number of benzene rings is 8. The van der Waals surface area contributed by atoms with Crippen molar-refractivity contribution in [3.05, 3.63) is 242 Å². The predicted octanol–water partition coefficient (Wildman–Crippen LogP) is 13.9. The van der Waals surface area contributed by atoms with Gasteiger partial charge in [0.05, 0.1) is 19.8 Å². The van der Waals surface area contributed by atoms with Crippen LogP contribution in [-0.4, -0.2) is 40.2 Å². The predicted molar refractivity (Wildman–Crippen MR) is 289 cm³/mol. The van der Waals surface area contributed by atoms with Crippen LogP contribution in [0.5, 0.6) is 46.0 Å². The molecule has 0 saturated carbocycles. The number of ether oxygens (including phenoxy) is 4. The van der Waals surface area contributed by atoms with E-state index in [9.17, 15) is 20.4 Å². The van der Waals surface area contributed by atoms with Crippen LogP contribution in [0.2, 0.25) is 0 Å². The number of phenols is 4. The number of rotatable bonds is 20. The van der Waals surface area contributed by atoms with Crippen molar-refractivity contribution < 1.29 is 39.4 Å². The number of hydrogen-bond donors (Lipinski definition) is 4. The summed E-state index contributed by atoms with van der Waals surface area (Å²) in [6, 6.07) is 56.0. The molecule has 0 aliphatic heterocycles. The first-order chi connectivity index (χ1) is 34.6. The van der Waals surface area contributed by atoms with Gasteiger partial charge in [-0.05, 0) is 177 Å². The van der Waals surface area contributed by atoms with E-state index in [4.69, 9.17) is 18.9 Å². The van der Waals surface area contributed by atoms with E-state index in [1.807, 2.05) is 72.8 Å². The second-order valence-electron chi connectivity index (χ2n) is 17.7. The van der Waals surface area contributed by atoms with Crippen LogP contribution in [0, 0.1) is 16.4 Å². The van der Waals surface area contributed by atoms with Gasteiger partial charge in [-0.15, -0.1) is 0 Å². The highest BCUT2D eigenvalue weighted by Gasteiger charge is 2.32. The Balaban J connectivity index is 1.06. The van der Waals surface area contributed by atoms with Crippen LogP contribution in [0.15, 0.2) is 194 Å². The van der Waals surface area contributed by atoms with Gasteiger partial charge in [0, 0.05) is 45.8 Å². The van der Waals surface area contributed by atoms with Gasteiger partial charge in [0.25, 0.3) is 0 Å². The van der Waals surface area contributed by atoms with Crippen molar-refractivity contribution in [3.8, 4) is 57.1 Å². The molecule has 0 spiro atoms. The van der Waals surface area contributed by atoms with Crippen LogP contribution in [0.3, 0.4) is 0 Å². The maximum absolute atomic E-state index is 10.0. The van der Waals surface area contributed by atoms with Gasteiger partial charge in [-0.1, -0.05) is 97.1 Å². The van der Waals surface area contributed by atoms with Gasteiger partial charge in [0.2, 0.25) is 0 Å². The van der Waals surface area contributed by atoms with E-state index in [0.717, 1.165) is 94.2 Å². The Hall–Kier alpha value is -7.63. The van der Waals surface area contributed by atoms with E-state index in [1.54, 1.807) is 48.5 Å². The smallest absolute Gasteiger partial charge is 0.126 e. The lowest BCUT2D eigenvalue weighted by Crippen LogP contribution is -2.15. The number of aromatic hydroxyl groups is 4. The summed E-state index contributed by atoms with van der Waals surface area (Å²) in [7, 11) is 0. The lowest BCUT2D eigenvalue weighted by atomic mass is 9.79. The molecule has 0 saturated heterocycles. The zero-order chi connectivity index (χ0) is 49.1. The molecule has 2 atom stereocenters. The van der Waals surface area contributed by atoms with Crippen molar-refractivity contribution in [3.63, 3.8) is 0 Å². The van der Waals surface area contributed by atoms with Crippen LogP contribution < -0.4 is 18.9 Å². The third-order valence-electron chi connectivity index (χ3n) is 12.7.